The Balaban J connectivity index is 1.28. The highest BCUT2D eigenvalue weighted by molar-refractivity contribution is 7.84. The Kier molecular flexibility index (Phi) is 5.43. The average molecular weight is 509 g/mol. The van der Waals surface area contributed by atoms with Crippen LogP contribution in [0.4, 0.5) is 5.82 Å². The number of hydrogen-bond acceptors (Lipinski definition) is 8. The summed E-state index contributed by atoms with van der Waals surface area (Å²) < 4.78 is 28.5. The summed E-state index contributed by atoms with van der Waals surface area (Å²) in [4.78, 5) is 7.85. The van der Waals surface area contributed by atoms with Gasteiger partial charge in [-0.1, -0.05) is 30.3 Å². The maximum absolute atomic E-state index is 11.1. The van der Waals surface area contributed by atoms with Gasteiger partial charge in [0.2, 0.25) is 0 Å². The van der Waals surface area contributed by atoms with Crippen LogP contribution in [0.5, 0.6) is 0 Å². The van der Waals surface area contributed by atoms with E-state index in [1.54, 1.807) is 16.8 Å². The van der Waals surface area contributed by atoms with E-state index in [0.717, 1.165) is 33.1 Å². The van der Waals surface area contributed by atoms with Crippen molar-refractivity contribution >= 4 is 43.6 Å². The van der Waals surface area contributed by atoms with Crippen molar-refractivity contribution in [3.63, 3.8) is 0 Å². The SMILES string of the molecule is NS(=O)(=O)OCC1CC(Nc2ccnc3cc(-c4ccc5c(c4)[nH]c4ccccc45)nn23)C(O)C1O. The molecule has 0 aliphatic heterocycles. The lowest BCUT2D eigenvalue weighted by Crippen LogP contribution is -2.36. The van der Waals surface area contributed by atoms with Gasteiger partial charge in [0.25, 0.3) is 0 Å². The standard InChI is InChI=1S/C24H24N6O5S/c25-36(33,34)35-12-14-10-20(24(32)23(14)31)28-21-7-8-26-22-11-18(29-30(21)22)13-5-6-16-15-3-1-2-4-17(15)27-19(16)9-13/h1-9,11,14,20,23-24,27-28,31-32H,10,12H2,(H2,25,33,34). The zero-order chi connectivity index (χ0) is 25.0. The zero-order valence-electron chi connectivity index (χ0n) is 18.9. The number of nitrogens with two attached hydrogens (primary N) is 1. The summed E-state index contributed by atoms with van der Waals surface area (Å²) in [5, 5.41) is 36.0. The lowest BCUT2D eigenvalue weighted by molar-refractivity contribution is 0.00777. The van der Waals surface area contributed by atoms with Gasteiger partial charge in [-0.2, -0.15) is 18.0 Å². The minimum atomic E-state index is -4.14. The summed E-state index contributed by atoms with van der Waals surface area (Å²) in [6.45, 7) is -0.316. The molecular formula is C24H24N6O5S. The molecule has 6 N–H and O–H groups in total. The largest absolute Gasteiger partial charge is 0.390 e. The van der Waals surface area contributed by atoms with Crippen molar-refractivity contribution in [1.82, 2.24) is 19.6 Å². The summed E-state index contributed by atoms with van der Waals surface area (Å²) in [6, 6.07) is 17.3. The first kappa shape index (κ1) is 22.9. The Hall–Kier alpha value is -3.55. The number of nitrogens with zero attached hydrogens (tertiary/aromatic N) is 3. The minimum absolute atomic E-state index is 0.271. The molecular weight excluding hydrogens is 484 g/mol. The molecule has 36 heavy (non-hydrogen) atoms. The first-order chi connectivity index (χ1) is 17.3. The van der Waals surface area contributed by atoms with Crippen LogP contribution in [-0.4, -0.2) is 63.1 Å². The Morgan fingerprint density at radius 2 is 1.89 bits per heavy atom. The van der Waals surface area contributed by atoms with Crippen LogP contribution in [0.25, 0.3) is 38.7 Å². The molecule has 12 heteroatoms. The van der Waals surface area contributed by atoms with Crippen LogP contribution < -0.4 is 10.5 Å². The Bertz CT molecular complexity index is 1700. The minimum Gasteiger partial charge on any atom is -0.390 e. The smallest absolute Gasteiger partial charge is 0.333 e. The molecule has 1 saturated carbocycles. The molecule has 0 radical (unpaired) electrons. The van der Waals surface area contributed by atoms with Gasteiger partial charge in [-0.05, 0) is 24.6 Å². The van der Waals surface area contributed by atoms with E-state index in [4.69, 9.17) is 10.2 Å². The fourth-order valence-corrected chi connectivity index (χ4v) is 5.33. The second kappa shape index (κ2) is 8.54. The van der Waals surface area contributed by atoms with Gasteiger partial charge in [0.1, 0.15) is 11.9 Å². The van der Waals surface area contributed by atoms with Gasteiger partial charge in [0.15, 0.2) is 5.65 Å². The molecule has 186 valence electrons. The van der Waals surface area contributed by atoms with E-state index >= 15 is 0 Å². The summed E-state index contributed by atoms with van der Waals surface area (Å²) in [5.74, 6) is -0.0356. The lowest BCUT2D eigenvalue weighted by atomic mass is 10.1. The van der Waals surface area contributed by atoms with Crippen molar-refractivity contribution in [2.45, 2.75) is 24.7 Å². The van der Waals surface area contributed by atoms with Crippen LogP contribution in [0.2, 0.25) is 0 Å². The number of aliphatic hydroxyl groups is 2. The van der Waals surface area contributed by atoms with E-state index < -0.39 is 34.5 Å². The van der Waals surface area contributed by atoms with Crippen molar-refractivity contribution in [2.75, 3.05) is 11.9 Å². The molecule has 4 unspecified atom stereocenters. The molecule has 6 rings (SSSR count). The number of aromatic nitrogens is 4. The number of hydrogen-bond donors (Lipinski definition) is 5. The van der Waals surface area contributed by atoms with Crippen LogP contribution in [0.15, 0.2) is 60.8 Å². The normalized spacial score (nSPS) is 22.6. The lowest BCUT2D eigenvalue weighted by Gasteiger charge is -2.19. The molecule has 0 saturated heterocycles. The predicted octanol–water partition coefficient (Wildman–Crippen LogP) is 1.77. The van der Waals surface area contributed by atoms with Gasteiger partial charge in [-0.15, -0.1) is 0 Å². The molecule has 11 nitrogen and oxygen atoms in total. The quantitative estimate of drug-likeness (QED) is 0.231. The monoisotopic (exact) mass is 508 g/mol. The molecule has 2 aromatic carbocycles. The molecule has 5 aromatic rings. The van der Waals surface area contributed by atoms with Crippen molar-refractivity contribution in [2.24, 2.45) is 11.1 Å². The number of rotatable bonds is 6. The van der Waals surface area contributed by atoms with Crippen molar-refractivity contribution in [3.05, 3.63) is 60.8 Å². The molecule has 3 aromatic heterocycles. The van der Waals surface area contributed by atoms with E-state index in [-0.39, 0.29) is 13.0 Å². The molecule has 1 fully saturated rings. The van der Waals surface area contributed by atoms with Crippen LogP contribution in [0, 0.1) is 5.92 Å². The van der Waals surface area contributed by atoms with Crippen LogP contribution >= 0.6 is 0 Å². The van der Waals surface area contributed by atoms with Crippen LogP contribution in [0.3, 0.4) is 0 Å². The van der Waals surface area contributed by atoms with Gasteiger partial charge >= 0.3 is 10.3 Å². The number of benzene rings is 2. The average Bonchev–Trinajstić information content (AvgIpc) is 3.52. The highest BCUT2D eigenvalue weighted by Gasteiger charge is 2.42. The van der Waals surface area contributed by atoms with E-state index in [1.807, 2.05) is 30.3 Å². The number of para-hydroxylation sites is 1. The number of aliphatic hydroxyl groups excluding tert-OH is 2. The Morgan fingerprint density at radius 3 is 2.72 bits per heavy atom. The molecule has 4 atom stereocenters. The highest BCUT2D eigenvalue weighted by Crippen LogP contribution is 2.32. The summed E-state index contributed by atoms with van der Waals surface area (Å²) in [7, 11) is -4.14. The van der Waals surface area contributed by atoms with Crippen molar-refractivity contribution in [3.8, 4) is 11.3 Å². The van der Waals surface area contributed by atoms with Gasteiger partial charge < -0.3 is 20.5 Å². The maximum atomic E-state index is 11.1. The fourth-order valence-electron chi connectivity index (χ4n) is 4.96. The third-order valence-electron chi connectivity index (χ3n) is 6.74. The highest BCUT2D eigenvalue weighted by atomic mass is 32.2. The van der Waals surface area contributed by atoms with E-state index in [2.05, 4.69) is 37.7 Å². The van der Waals surface area contributed by atoms with Gasteiger partial charge in [0, 0.05) is 45.6 Å². The third kappa shape index (κ3) is 4.08. The summed E-state index contributed by atoms with van der Waals surface area (Å²) >= 11 is 0. The number of fused-ring (bicyclic) bond motifs is 4. The zero-order valence-corrected chi connectivity index (χ0v) is 19.8. The van der Waals surface area contributed by atoms with Crippen LogP contribution in [0.1, 0.15) is 6.42 Å². The molecule has 1 aliphatic carbocycles. The molecule has 1 aliphatic rings. The van der Waals surface area contributed by atoms with Gasteiger partial charge in [-0.25, -0.2) is 10.1 Å². The second-order valence-electron chi connectivity index (χ2n) is 9.07. The van der Waals surface area contributed by atoms with E-state index in [0.29, 0.717) is 11.5 Å². The van der Waals surface area contributed by atoms with Gasteiger partial charge in [-0.3, -0.25) is 4.18 Å². The Morgan fingerprint density at radius 1 is 1.08 bits per heavy atom. The van der Waals surface area contributed by atoms with E-state index in [1.165, 1.54) is 0 Å². The van der Waals surface area contributed by atoms with Crippen molar-refractivity contribution < 1.29 is 22.8 Å². The number of H-pyrrole nitrogens is 1. The topological polar surface area (TPSA) is 168 Å². The first-order valence-corrected chi connectivity index (χ1v) is 12.9. The first-order valence-electron chi connectivity index (χ1n) is 11.4. The summed E-state index contributed by atoms with van der Waals surface area (Å²) in [5.41, 5.74) is 4.32. The second-order valence-corrected chi connectivity index (χ2v) is 10.3. The Labute approximate surface area is 205 Å². The third-order valence-corrected chi connectivity index (χ3v) is 7.21. The number of aromatic amines is 1. The fraction of sp³-hybridized carbons (Fsp3) is 0.250. The molecule has 3 heterocycles. The van der Waals surface area contributed by atoms with Crippen LogP contribution in [-0.2, 0) is 14.5 Å². The van der Waals surface area contributed by atoms with E-state index in [9.17, 15) is 18.6 Å². The summed E-state index contributed by atoms with van der Waals surface area (Å²) in [6.07, 6.45) is -0.407. The molecule has 0 spiro atoms. The number of nitrogens with one attached hydrogen (secondary N) is 2. The maximum Gasteiger partial charge on any atom is 0.333 e. The van der Waals surface area contributed by atoms with Crippen molar-refractivity contribution in [1.29, 1.82) is 0 Å². The molecule has 0 bridgehead atoms. The van der Waals surface area contributed by atoms with Gasteiger partial charge in [0.05, 0.1) is 24.4 Å². The predicted molar refractivity (Wildman–Crippen MR) is 134 cm³/mol. The number of anilines is 1. The molecule has 0 amide bonds.